The number of aldehydes is 1. The molecule has 5 nitrogen and oxygen atoms in total. The van der Waals surface area contributed by atoms with Crippen LogP contribution in [-0.2, 0) is 9.47 Å². The van der Waals surface area contributed by atoms with Crippen LogP contribution in [0.15, 0.2) is 12.1 Å². The van der Waals surface area contributed by atoms with Gasteiger partial charge in [-0.05, 0) is 24.6 Å². The summed E-state index contributed by atoms with van der Waals surface area (Å²) in [5, 5.41) is 0. The minimum atomic E-state index is 0.0958. The Morgan fingerprint density at radius 2 is 1.65 bits per heavy atom. The topological polar surface area (TPSA) is 54.0 Å². The van der Waals surface area contributed by atoms with Crippen LogP contribution in [-0.4, -0.2) is 34.1 Å². The van der Waals surface area contributed by atoms with Crippen molar-refractivity contribution in [2.24, 2.45) is 0 Å². The summed E-state index contributed by atoms with van der Waals surface area (Å²) in [6, 6.07) is 3.35. The molecule has 0 fully saturated rings. The van der Waals surface area contributed by atoms with Crippen molar-refractivity contribution < 1.29 is 23.7 Å². The molecular formula is C12H16O5. The zero-order chi connectivity index (χ0) is 12.7. The lowest BCUT2D eigenvalue weighted by molar-refractivity contribution is 0.0474. The van der Waals surface area contributed by atoms with E-state index in [4.69, 9.17) is 18.9 Å². The normalized spacial score (nSPS) is 10.1. The van der Waals surface area contributed by atoms with E-state index in [1.807, 2.05) is 6.92 Å². The minimum Gasteiger partial charge on any atom is -0.467 e. The molecule has 0 amide bonds. The fourth-order valence-electron chi connectivity index (χ4n) is 1.29. The van der Waals surface area contributed by atoms with Crippen LogP contribution in [0.5, 0.6) is 11.5 Å². The fourth-order valence-corrected chi connectivity index (χ4v) is 1.29. The molecule has 1 rings (SSSR count). The van der Waals surface area contributed by atoms with Crippen molar-refractivity contribution >= 4 is 6.29 Å². The van der Waals surface area contributed by atoms with Gasteiger partial charge in [0, 0.05) is 14.2 Å². The average molecular weight is 240 g/mol. The number of hydrogen-bond acceptors (Lipinski definition) is 5. The third kappa shape index (κ3) is 3.72. The van der Waals surface area contributed by atoms with Gasteiger partial charge in [-0.1, -0.05) is 0 Å². The van der Waals surface area contributed by atoms with Gasteiger partial charge in [-0.2, -0.15) is 0 Å². The molecule has 0 aliphatic rings. The molecule has 0 spiro atoms. The van der Waals surface area contributed by atoms with Crippen LogP contribution < -0.4 is 9.47 Å². The van der Waals surface area contributed by atoms with E-state index in [9.17, 15) is 4.79 Å². The lowest BCUT2D eigenvalue weighted by Gasteiger charge is -2.12. The van der Waals surface area contributed by atoms with E-state index in [1.54, 1.807) is 12.1 Å². The van der Waals surface area contributed by atoms with E-state index in [0.29, 0.717) is 23.3 Å². The number of carbonyl (C=O) groups is 1. The first-order chi connectivity index (χ1) is 8.22. The van der Waals surface area contributed by atoms with Gasteiger partial charge >= 0.3 is 0 Å². The predicted molar refractivity (Wildman–Crippen MR) is 61.6 cm³/mol. The fraction of sp³-hybridized carbons (Fsp3) is 0.417. The van der Waals surface area contributed by atoms with Crippen molar-refractivity contribution in [2.45, 2.75) is 6.92 Å². The Kier molecular flexibility index (Phi) is 5.45. The smallest absolute Gasteiger partial charge is 0.188 e. The summed E-state index contributed by atoms with van der Waals surface area (Å²) >= 11 is 0. The Hall–Kier alpha value is -1.59. The molecule has 0 radical (unpaired) electrons. The number of rotatable bonds is 7. The largest absolute Gasteiger partial charge is 0.467 e. The predicted octanol–water partition coefficient (Wildman–Crippen LogP) is 1.77. The Morgan fingerprint density at radius 3 is 2.18 bits per heavy atom. The summed E-state index contributed by atoms with van der Waals surface area (Å²) in [5.74, 6) is 1.07. The highest BCUT2D eigenvalue weighted by molar-refractivity contribution is 5.80. The lowest BCUT2D eigenvalue weighted by atomic mass is 10.1. The molecule has 0 unspecified atom stereocenters. The first-order valence-corrected chi connectivity index (χ1v) is 5.06. The third-order valence-electron chi connectivity index (χ3n) is 2.10. The van der Waals surface area contributed by atoms with Gasteiger partial charge in [-0.3, -0.25) is 4.79 Å². The highest BCUT2D eigenvalue weighted by Crippen LogP contribution is 2.27. The maximum absolute atomic E-state index is 10.9. The van der Waals surface area contributed by atoms with Crippen molar-refractivity contribution in [3.05, 3.63) is 23.3 Å². The molecule has 0 N–H and O–H groups in total. The number of methoxy groups -OCH3 is 2. The van der Waals surface area contributed by atoms with Gasteiger partial charge in [-0.15, -0.1) is 0 Å². The molecule has 1 aromatic rings. The van der Waals surface area contributed by atoms with Gasteiger partial charge in [0.25, 0.3) is 0 Å². The number of carbonyl (C=O) groups excluding carboxylic acids is 1. The maximum Gasteiger partial charge on any atom is 0.188 e. The molecule has 0 saturated heterocycles. The summed E-state index contributed by atoms with van der Waals surface area (Å²) in [6.07, 6.45) is 0.712. The molecular weight excluding hydrogens is 224 g/mol. The van der Waals surface area contributed by atoms with Gasteiger partial charge in [0.2, 0.25) is 0 Å². The van der Waals surface area contributed by atoms with Gasteiger partial charge in [-0.25, -0.2) is 0 Å². The third-order valence-corrected chi connectivity index (χ3v) is 2.10. The van der Waals surface area contributed by atoms with Crippen LogP contribution >= 0.6 is 0 Å². The van der Waals surface area contributed by atoms with Crippen molar-refractivity contribution in [1.29, 1.82) is 0 Å². The standard InChI is InChI=1S/C12H16O5/c1-9-4-12(17-8-15-3)10(6-13)5-11(9)16-7-14-2/h4-6H,7-8H2,1-3H3. The molecule has 0 saturated carbocycles. The Balaban J connectivity index is 2.93. The van der Waals surface area contributed by atoms with Gasteiger partial charge < -0.3 is 18.9 Å². The summed E-state index contributed by atoms with van der Waals surface area (Å²) in [7, 11) is 3.05. The first kappa shape index (κ1) is 13.5. The number of hydrogen-bond donors (Lipinski definition) is 0. The molecule has 0 bridgehead atoms. The number of aryl methyl sites for hydroxylation is 1. The van der Waals surface area contributed by atoms with Crippen molar-refractivity contribution in [3.63, 3.8) is 0 Å². The summed E-state index contributed by atoms with van der Waals surface area (Å²) < 4.78 is 20.2. The van der Waals surface area contributed by atoms with E-state index in [-0.39, 0.29) is 13.6 Å². The second kappa shape index (κ2) is 6.88. The number of ether oxygens (including phenoxy) is 4. The molecule has 0 heterocycles. The van der Waals surface area contributed by atoms with Crippen LogP contribution in [0.1, 0.15) is 15.9 Å². The lowest BCUT2D eigenvalue weighted by Crippen LogP contribution is -2.04. The van der Waals surface area contributed by atoms with Crippen LogP contribution in [0.2, 0.25) is 0 Å². The van der Waals surface area contributed by atoms with E-state index in [1.165, 1.54) is 14.2 Å². The van der Waals surface area contributed by atoms with Crippen LogP contribution in [0, 0.1) is 6.92 Å². The Labute approximate surface area is 100 Å². The van der Waals surface area contributed by atoms with E-state index >= 15 is 0 Å². The summed E-state index contributed by atoms with van der Waals surface area (Å²) in [4.78, 5) is 10.9. The quantitative estimate of drug-likeness (QED) is 0.537. The van der Waals surface area contributed by atoms with Crippen molar-refractivity contribution in [3.8, 4) is 11.5 Å². The molecule has 94 valence electrons. The average Bonchev–Trinajstić information content (AvgIpc) is 2.35. The van der Waals surface area contributed by atoms with Crippen LogP contribution in [0.3, 0.4) is 0 Å². The highest BCUT2D eigenvalue weighted by atomic mass is 16.7. The Bertz CT molecular complexity index is 375. The summed E-state index contributed by atoms with van der Waals surface area (Å²) in [6.45, 7) is 2.09. The van der Waals surface area contributed by atoms with E-state index < -0.39 is 0 Å². The zero-order valence-corrected chi connectivity index (χ0v) is 10.2. The molecule has 1 aromatic carbocycles. The molecule has 0 atom stereocenters. The monoisotopic (exact) mass is 240 g/mol. The molecule has 0 aromatic heterocycles. The highest BCUT2D eigenvalue weighted by Gasteiger charge is 2.09. The van der Waals surface area contributed by atoms with Gasteiger partial charge in [0.1, 0.15) is 11.5 Å². The zero-order valence-electron chi connectivity index (χ0n) is 10.2. The Morgan fingerprint density at radius 1 is 1.06 bits per heavy atom. The minimum absolute atomic E-state index is 0.0958. The van der Waals surface area contributed by atoms with E-state index in [0.717, 1.165) is 5.56 Å². The second-order valence-electron chi connectivity index (χ2n) is 3.38. The van der Waals surface area contributed by atoms with Crippen molar-refractivity contribution in [1.82, 2.24) is 0 Å². The number of benzene rings is 1. The first-order valence-electron chi connectivity index (χ1n) is 5.06. The van der Waals surface area contributed by atoms with Gasteiger partial charge in [0.15, 0.2) is 19.9 Å². The summed E-state index contributed by atoms with van der Waals surface area (Å²) in [5.41, 5.74) is 1.28. The maximum atomic E-state index is 10.9. The molecule has 17 heavy (non-hydrogen) atoms. The van der Waals surface area contributed by atoms with Gasteiger partial charge in [0.05, 0.1) is 5.56 Å². The van der Waals surface area contributed by atoms with Crippen LogP contribution in [0.25, 0.3) is 0 Å². The van der Waals surface area contributed by atoms with Crippen molar-refractivity contribution in [2.75, 3.05) is 27.8 Å². The van der Waals surface area contributed by atoms with Crippen LogP contribution in [0.4, 0.5) is 0 Å². The second-order valence-corrected chi connectivity index (χ2v) is 3.38. The molecule has 5 heteroatoms. The molecule has 0 aliphatic carbocycles. The van der Waals surface area contributed by atoms with E-state index in [2.05, 4.69) is 0 Å². The molecule has 0 aliphatic heterocycles. The SMILES string of the molecule is COCOc1cc(C=O)c(OCOC)cc1C.